The van der Waals surface area contributed by atoms with E-state index < -0.39 is 0 Å². The normalized spacial score (nSPS) is 19.7. The van der Waals surface area contributed by atoms with E-state index >= 15 is 0 Å². The molecule has 0 saturated heterocycles. The van der Waals surface area contributed by atoms with Gasteiger partial charge in [0.15, 0.2) is 0 Å². The first-order valence-corrected chi connectivity index (χ1v) is 4.82. The van der Waals surface area contributed by atoms with Crippen LogP contribution in [0.2, 0.25) is 0 Å². The van der Waals surface area contributed by atoms with Gasteiger partial charge in [-0.2, -0.15) is 0 Å². The Hall–Kier alpha value is -0.610. The summed E-state index contributed by atoms with van der Waals surface area (Å²) in [7, 11) is 3.60. The van der Waals surface area contributed by atoms with E-state index in [1.165, 1.54) is 19.3 Å². The molecule has 1 aliphatic carbocycles. The molecule has 0 aliphatic heterocycles. The molecule has 1 rings (SSSR count). The fourth-order valence-corrected chi connectivity index (χ4v) is 1.54. The molecule has 1 atom stereocenters. The van der Waals surface area contributed by atoms with Crippen LogP contribution in [0.3, 0.4) is 0 Å². The first-order chi connectivity index (χ1) is 6.09. The minimum absolute atomic E-state index is 0.0180. The Morgan fingerprint density at radius 3 is 2.62 bits per heavy atom. The second-order valence-electron chi connectivity index (χ2n) is 3.99. The Kier molecular flexibility index (Phi) is 3.69. The summed E-state index contributed by atoms with van der Waals surface area (Å²) in [5.74, 6) is 0.595. The van der Waals surface area contributed by atoms with Crippen molar-refractivity contribution in [3.05, 3.63) is 0 Å². The lowest BCUT2D eigenvalue weighted by molar-refractivity contribution is -0.125. The summed E-state index contributed by atoms with van der Waals surface area (Å²) in [6.07, 6.45) is 4.10. The molecule has 13 heavy (non-hydrogen) atoms. The van der Waals surface area contributed by atoms with Crippen LogP contribution in [0.1, 0.15) is 25.7 Å². The number of rotatable bonds is 4. The fraction of sp³-hybridized carbons (Fsp3) is 0.889. The van der Waals surface area contributed by atoms with Gasteiger partial charge in [-0.1, -0.05) is 6.42 Å². The quantitative estimate of drug-likeness (QED) is 0.611. The Labute approximate surface area is 79.4 Å². The molecule has 0 bridgehead atoms. The van der Waals surface area contributed by atoms with Gasteiger partial charge in [0.25, 0.3) is 0 Å². The van der Waals surface area contributed by atoms with Crippen LogP contribution in [0, 0.1) is 5.92 Å². The van der Waals surface area contributed by atoms with Crippen molar-refractivity contribution in [1.82, 2.24) is 10.4 Å². The molecule has 1 unspecified atom stereocenters. The molecule has 4 heteroatoms. The Balaban J connectivity index is 2.18. The molecule has 1 aliphatic rings. The predicted molar refractivity (Wildman–Crippen MR) is 51.8 cm³/mol. The standard InChI is InChI=1S/C9H19N3O/c1-12(2)11-9(13)6-8(10)7-4-3-5-7/h7-8H,3-6,10H2,1-2H3,(H,11,13). The zero-order chi connectivity index (χ0) is 9.84. The van der Waals surface area contributed by atoms with Crippen molar-refractivity contribution < 1.29 is 4.79 Å². The summed E-state index contributed by atoms with van der Waals surface area (Å²) in [4.78, 5) is 11.3. The highest BCUT2D eigenvalue weighted by molar-refractivity contribution is 5.76. The minimum Gasteiger partial charge on any atom is -0.327 e. The zero-order valence-electron chi connectivity index (χ0n) is 8.42. The number of hydrazine groups is 1. The van der Waals surface area contributed by atoms with Crippen LogP contribution < -0.4 is 11.2 Å². The lowest BCUT2D eigenvalue weighted by Crippen LogP contribution is -2.43. The second kappa shape index (κ2) is 4.58. The van der Waals surface area contributed by atoms with Crippen molar-refractivity contribution in [2.24, 2.45) is 11.7 Å². The van der Waals surface area contributed by atoms with Crippen LogP contribution in [0.25, 0.3) is 0 Å². The van der Waals surface area contributed by atoms with Crippen molar-refractivity contribution in [1.29, 1.82) is 0 Å². The molecule has 0 heterocycles. The van der Waals surface area contributed by atoms with Gasteiger partial charge < -0.3 is 5.73 Å². The summed E-state index contributed by atoms with van der Waals surface area (Å²) in [6, 6.07) is 0.0497. The van der Waals surface area contributed by atoms with E-state index in [4.69, 9.17) is 5.73 Å². The molecule has 3 N–H and O–H groups in total. The number of nitrogens with one attached hydrogen (secondary N) is 1. The molecule has 1 amide bonds. The molecule has 0 radical (unpaired) electrons. The third-order valence-electron chi connectivity index (χ3n) is 2.52. The van der Waals surface area contributed by atoms with Gasteiger partial charge in [-0.3, -0.25) is 10.2 Å². The van der Waals surface area contributed by atoms with E-state index in [0.717, 1.165) is 0 Å². The average Bonchev–Trinajstić information content (AvgIpc) is 1.78. The van der Waals surface area contributed by atoms with Crippen LogP contribution in [0.15, 0.2) is 0 Å². The fourth-order valence-electron chi connectivity index (χ4n) is 1.54. The Morgan fingerprint density at radius 2 is 2.23 bits per heavy atom. The van der Waals surface area contributed by atoms with Gasteiger partial charge in [0.2, 0.25) is 5.91 Å². The van der Waals surface area contributed by atoms with Crippen molar-refractivity contribution >= 4 is 5.91 Å². The van der Waals surface area contributed by atoms with E-state index in [-0.39, 0.29) is 11.9 Å². The molecule has 0 aromatic carbocycles. The first kappa shape index (κ1) is 10.5. The number of carbonyl (C=O) groups is 1. The number of amides is 1. The number of hydrogen-bond acceptors (Lipinski definition) is 3. The highest BCUT2D eigenvalue weighted by Crippen LogP contribution is 2.29. The summed E-state index contributed by atoms with van der Waals surface area (Å²) < 4.78 is 0. The lowest BCUT2D eigenvalue weighted by atomic mass is 9.79. The molecular formula is C9H19N3O. The van der Waals surface area contributed by atoms with Crippen LogP contribution in [-0.2, 0) is 4.79 Å². The van der Waals surface area contributed by atoms with Gasteiger partial charge in [-0.25, -0.2) is 5.01 Å². The maximum Gasteiger partial charge on any atom is 0.235 e. The van der Waals surface area contributed by atoms with E-state index in [2.05, 4.69) is 5.43 Å². The Bertz CT molecular complexity index is 178. The minimum atomic E-state index is 0.0180. The third kappa shape index (κ3) is 3.32. The summed E-state index contributed by atoms with van der Waals surface area (Å²) >= 11 is 0. The highest BCUT2D eigenvalue weighted by atomic mass is 16.2. The zero-order valence-corrected chi connectivity index (χ0v) is 8.42. The molecule has 76 valence electrons. The van der Waals surface area contributed by atoms with E-state index in [0.29, 0.717) is 12.3 Å². The molecule has 0 spiro atoms. The summed E-state index contributed by atoms with van der Waals surface area (Å²) in [6.45, 7) is 0. The van der Waals surface area contributed by atoms with Crippen molar-refractivity contribution in [2.75, 3.05) is 14.1 Å². The van der Waals surface area contributed by atoms with Crippen molar-refractivity contribution in [3.63, 3.8) is 0 Å². The molecule has 0 aromatic rings. The van der Waals surface area contributed by atoms with Crippen LogP contribution in [0.4, 0.5) is 0 Å². The van der Waals surface area contributed by atoms with Gasteiger partial charge in [0.1, 0.15) is 0 Å². The molecule has 1 saturated carbocycles. The van der Waals surface area contributed by atoms with Gasteiger partial charge >= 0.3 is 0 Å². The lowest BCUT2D eigenvalue weighted by Gasteiger charge is -2.31. The molecule has 1 fully saturated rings. The third-order valence-corrected chi connectivity index (χ3v) is 2.52. The Morgan fingerprint density at radius 1 is 1.62 bits per heavy atom. The van der Waals surface area contributed by atoms with Crippen LogP contribution >= 0.6 is 0 Å². The largest absolute Gasteiger partial charge is 0.327 e. The predicted octanol–water partition coefficient (Wildman–Crippen LogP) is 0.0967. The van der Waals surface area contributed by atoms with E-state index in [1.807, 2.05) is 0 Å². The summed E-state index contributed by atoms with van der Waals surface area (Å²) in [5.41, 5.74) is 8.57. The SMILES string of the molecule is CN(C)NC(=O)CC(N)C1CCC1. The van der Waals surface area contributed by atoms with Gasteiger partial charge in [-0.05, 0) is 18.8 Å². The van der Waals surface area contributed by atoms with Gasteiger partial charge in [-0.15, -0.1) is 0 Å². The molecular weight excluding hydrogens is 166 g/mol. The maximum absolute atomic E-state index is 11.3. The van der Waals surface area contributed by atoms with E-state index in [9.17, 15) is 4.79 Å². The monoisotopic (exact) mass is 185 g/mol. The highest BCUT2D eigenvalue weighted by Gasteiger charge is 2.25. The van der Waals surface area contributed by atoms with Gasteiger partial charge in [0.05, 0.1) is 0 Å². The average molecular weight is 185 g/mol. The van der Waals surface area contributed by atoms with Crippen LogP contribution in [-0.4, -0.2) is 31.1 Å². The van der Waals surface area contributed by atoms with Crippen LogP contribution in [0.5, 0.6) is 0 Å². The molecule has 4 nitrogen and oxygen atoms in total. The number of carbonyl (C=O) groups excluding carboxylic acids is 1. The molecule has 0 aromatic heterocycles. The number of hydrogen-bond donors (Lipinski definition) is 2. The second-order valence-corrected chi connectivity index (χ2v) is 3.99. The first-order valence-electron chi connectivity index (χ1n) is 4.82. The number of nitrogens with two attached hydrogens (primary N) is 1. The number of nitrogens with zero attached hydrogens (tertiary/aromatic N) is 1. The van der Waals surface area contributed by atoms with Gasteiger partial charge in [0, 0.05) is 26.6 Å². The topological polar surface area (TPSA) is 58.4 Å². The summed E-state index contributed by atoms with van der Waals surface area (Å²) in [5, 5.41) is 1.65. The smallest absolute Gasteiger partial charge is 0.235 e. The van der Waals surface area contributed by atoms with Crippen molar-refractivity contribution in [3.8, 4) is 0 Å². The maximum atomic E-state index is 11.3. The van der Waals surface area contributed by atoms with Crippen molar-refractivity contribution in [2.45, 2.75) is 31.7 Å². The van der Waals surface area contributed by atoms with E-state index in [1.54, 1.807) is 19.1 Å².